The van der Waals surface area contributed by atoms with E-state index in [2.05, 4.69) is 15.9 Å². The van der Waals surface area contributed by atoms with E-state index in [1.807, 2.05) is 24.3 Å². The Morgan fingerprint density at radius 1 is 1.42 bits per heavy atom. The predicted octanol–water partition coefficient (Wildman–Crippen LogP) is 2.49. The van der Waals surface area contributed by atoms with Gasteiger partial charge in [-0.05, 0) is 28.1 Å². The molecule has 1 aromatic rings. The van der Waals surface area contributed by atoms with E-state index in [-0.39, 0.29) is 4.69 Å². The van der Waals surface area contributed by atoms with Crippen molar-refractivity contribution in [2.45, 2.75) is 6.92 Å². The number of halogens is 1. The minimum absolute atomic E-state index is 0.0208. The topological polar surface area (TPSA) is 40.9 Å². The van der Waals surface area contributed by atoms with Crippen molar-refractivity contribution in [3.8, 4) is 6.07 Å². The maximum atomic E-state index is 9.36. The van der Waals surface area contributed by atoms with Crippen LogP contribution in [0.1, 0.15) is 12.5 Å². The van der Waals surface area contributed by atoms with E-state index >= 15 is 0 Å². The van der Waals surface area contributed by atoms with Gasteiger partial charge in [0, 0.05) is 6.92 Å². The molecule has 3 heteroatoms. The average Bonchev–Trinajstić information content (AvgIpc) is 2.05. The third kappa shape index (κ3) is 6.97. The van der Waals surface area contributed by atoms with E-state index in [0.717, 1.165) is 0 Å². The van der Waals surface area contributed by atoms with Gasteiger partial charge in [0.2, 0.25) is 0 Å². The number of carbonyl (C=O) groups excluding carboxylic acids is 1. The van der Waals surface area contributed by atoms with Crippen LogP contribution in [0.15, 0.2) is 30.3 Å². The van der Waals surface area contributed by atoms with Crippen molar-refractivity contribution in [2.75, 3.05) is 0 Å². The average molecular weight is 226 g/mol. The van der Waals surface area contributed by atoms with Crippen molar-refractivity contribution < 1.29 is 4.79 Å². The molecule has 0 aliphatic rings. The molecule has 62 valence electrons. The highest BCUT2D eigenvalue weighted by Crippen LogP contribution is 1.93. The Morgan fingerprint density at radius 3 is 2.08 bits per heavy atom. The molecule has 0 aliphatic carbocycles. The second kappa shape index (κ2) is 6.56. The van der Waals surface area contributed by atoms with Crippen LogP contribution in [-0.4, -0.2) is 4.69 Å². The van der Waals surface area contributed by atoms with Crippen LogP contribution >= 0.6 is 15.9 Å². The summed E-state index contributed by atoms with van der Waals surface area (Å²) >= 11 is 2.63. The van der Waals surface area contributed by atoms with Crippen LogP contribution < -0.4 is 0 Å². The van der Waals surface area contributed by atoms with E-state index in [9.17, 15) is 4.79 Å². The molecule has 0 heterocycles. The third-order valence-corrected chi connectivity index (χ3v) is 0.903. The quantitative estimate of drug-likeness (QED) is 0.637. The van der Waals surface area contributed by atoms with Gasteiger partial charge in [-0.25, -0.2) is 0 Å². The smallest absolute Gasteiger partial charge is 0.194 e. The van der Waals surface area contributed by atoms with Crippen molar-refractivity contribution in [1.29, 1.82) is 5.26 Å². The number of hydrogen-bond acceptors (Lipinski definition) is 2. The normalized spacial score (nSPS) is 7.42. The minimum Gasteiger partial charge on any atom is -0.287 e. The van der Waals surface area contributed by atoms with Gasteiger partial charge in [-0.2, -0.15) is 5.26 Å². The molecule has 0 saturated carbocycles. The zero-order valence-corrected chi connectivity index (χ0v) is 8.21. The maximum Gasteiger partial charge on any atom is 0.194 e. The summed E-state index contributed by atoms with van der Waals surface area (Å²) in [4.78, 5) is 9.36. The number of rotatable bonds is 0. The maximum absolute atomic E-state index is 9.36. The first-order chi connectivity index (χ1) is 5.66. The Labute approximate surface area is 80.0 Å². The van der Waals surface area contributed by atoms with Gasteiger partial charge in [-0.3, -0.25) is 4.79 Å². The van der Waals surface area contributed by atoms with Crippen LogP contribution in [0.25, 0.3) is 0 Å². The fourth-order valence-electron chi connectivity index (χ4n) is 0.513. The fraction of sp³-hybridized carbons (Fsp3) is 0.111. The van der Waals surface area contributed by atoms with Gasteiger partial charge in [-0.1, -0.05) is 18.2 Å². The Hall–Kier alpha value is -1.14. The number of carbonyl (C=O) groups is 1. The standard InChI is InChI=1S/C7H5N.C2H3BrO/c8-6-7-4-2-1-3-5-7;1-2(3)4/h1-5H;1H3. The molecule has 0 atom stereocenters. The molecule has 0 spiro atoms. The summed E-state index contributed by atoms with van der Waals surface area (Å²) in [6, 6.07) is 11.2. The molecule has 1 aromatic carbocycles. The predicted molar refractivity (Wildman–Crippen MR) is 50.8 cm³/mol. The van der Waals surface area contributed by atoms with E-state index in [1.54, 1.807) is 12.1 Å². The zero-order chi connectivity index (χ0) is 9.40. The first kappa shape index (κ1) is 10.9. The molecule has 0 aliphatic heterocycles. The van der Waals surface area contributed by atoms with E-state index < -0.39 is 0 Å². The first-order valence-electron chi connectivity index (χ1n) is 3.28. The number of hydrogen-bond donors (Lipinski definition) is 0. The van der Waals surface area contributed by atoms with E-state index in [4.69, 9.17) is 5.26 Å². The lowest BCUT2D eigenvalue weighted by molar-refractivity contribution is -0.108. The van der Waals surface area contributed by atoms with Gasteiger partial charge in [0.05, 0.1) is 11.6 Å². The largest absolute Gasteiger partial charge is 0.287 e. The summed E-state index contributed by atoms with van der Waals surface area (Å²) in [6.07, 6.45) is 0. The number of benzene rings is 1. The third-order valence-electron chi connectivity index (χ3n) is 0.903. The van der Waals surface area contributed by atoms with E-state index in [0.29, 0.717) is 5.56 Å². The number of nitriles is 1. The Kier molecular flexibility index (Phi) is 5.94. The Morgan fingerprint density at radius 2 is 1.83 bits per heavy atom. The molecule has 0 amide bonds. The molecule has 0 fully saturated rings. The van der Waals surface area contributed by atoms with Gasteiger partial charge in [-0.15, -0.1) is 0 Å². The van der Waals surface area contributed by atoms with Crippen LogP contribution in [0.3, 0.4) is 0 Å². The SMILES string of the molecule is CC(=O)Br.N#Cc1ccccc1. The van der Waals surface area contributed by atoms with Crippen LogP contribution in [0.5, 0.6) is 0 Å². The summed E-state index contributed by atoms with van der Waals surface area (Å²) in [6.45, 7) is 1.44. The molecule has 0 unspecified atom stereocenters. The molecule has 0 aromatic heterocycles. The van der Waals surface area contributed by atoms with Crippen LogP contribution in [0, 0.1) is 11.3 Å². The Balaban J connectivity index is 0.000000261. The molecule has 1 rings (SSSR count). The molecule has 0 N–H and O–H groups in total. The van der Waals surface area contributed by atoms with Gasteiger partial charge in [0.25, 0.3) is 0 Å². The van der Waals surface area contributed by atoms with Gasteiger partial charge < -0.3 is 0 Å². The van der Waals surface area contributed by atoms with Crippen LogP contribution in [0.4, 0.5) is 0 Å². The lowest BCUT2D eigenvalue weighted by Gasteiger charge is -1.80. The van der Waals surface area contributed by atoms with Crippen LogP contribution in [-0.2, 0) is 4.79 Å². The summed E-state index contributed by atoms with van der Waals surface area (Å²) in [5, 5.41) is 8.29. The van der Waals surface area contributed by atoms with Crippen molar-refractivity contribution >= 4 is 20.6 Å². The van der Waals surface area contributed by atoms with Crippen molar-refractivity contribution in [3.63, 3.8) is 0 Å². The molecular formula is C9H8BrNO. The molecule has 0 bridgehead atoms. The molecular weight excluding hydrogens is 218 g/mol. The lowest BCUT2D eigenvalue weighted by Crippen LogP contribution is -1.66. The molecule has 12 heavy (non-hydrogen) atoms. The summed E-state index contributed by atoms with van der Waals surface area (Å²) < 4.78 is -0.0208. The minimum atomic E-state index is -0.0208. The fourth-order valence-corrected chi connectivity index (χ4v) is 0.513. The summed E-state index contributed by atoms with van der Waals surface area (Å²) in [5.41, 5.74) is 0.715. The van der Waals surface area contributed by atoms with Crippen molar-refractivity contribution in [2.24, 2.45) is 0 Å². The first-order valence-corrected chi connectivity index (χ1v) is 4.07. The van der Waals surface area contributed by atoms with Crippen LogP contribution in [0.2, 0.25) is 0 Å². The summed E-state index contributed by atoms with van der Waals surface area (Å²) in [5.74, 6) is 0. The lowest BCUT2D eigenvalue weighted by atomic mass is 10.2. The number of nitrogens with zero attached hydrogens (tertiary/aromatic N) is 1. The van der Waals surface area contributed by atoms with Crippen molar-refractivity contribution in [1.82, 2.24) is 0 Å². The Bertz CT molecular complexity index is 272. The second-order valence-electron chi connectivity index (χ2n) is 1.95. The van der Waals surface area contributed by atoms with Crippen molar-refractivity contribution in [3.05, 3.63) is 35.9 Å². The second-order valence-corrected chi connectivity index (χ2v) is 3.06. The van der Waals surface area contributed by atoms with Gasteiger partial charge in [0.15, 0.2) is 4.69 Å². The highest BCUT2D eigenvalue weighted by atomic mass is 79.9. The monoisotopic (exact) mass is 225 g/mol. The highest BCUT2D eigenvalue weighted by molar-refractivity contribution is 9.18. The van der Waals surface area contributed by atoms with E-state index in [1.165, 1.54) is 6.92 Å². The highest BCUT2D eigenvalue weighted by Gasteiger charge is 1.79. The zero-order valence-electron chi connectivity index (χ0n) is 6.62. The molecule has 0 radical (unpaired) electrons. The van der Waals surface area contributed by atoms with Gasteiger partial charge >= 0.3 is 0 Å². The van der Waals surface area contributed by atoms with Gasteiger partial charge in [0.1, 0.15) is 0 Å². The molecule has 0 saturated heterocycles. The summed E-state index contributed by atoms with van der Waals surface area (Å²) in [7, 11) is 0. The molecule has 2 nitrogen and oxygen atoms in total.